The van der Waals surface area contributed by atoms with Gasteiger partial charge in [0.15, 0.2) is 0 Å². The van der Waals surface area contributed by atoms with Crippen LogP contribution in [-0.4, -0.2) is 47.8 Å². The molecule has 2 aliphatic heterocycles. The monoisotopic (exact) mass is 625 g/mol. The number of hydrogen-bond acceptors (Lipinski definition) is 8. The van der Waals surface area contributed by atoms with Crippen molar-refractivity contribution in [3.05, 3.63) is 6.61 Å². The van der Waals surface area contributed by atoms with E-state index in [0.29, 0.717) is 12.8 Å². The van der Waals surface area contributed by atoms with E-state index >= 15 is 0 Å². The van der Waals surface area contributed by atoms with Crippen molar-refractivity contribution < 1.29 is 40.8 Å². The van der Waals surface area contributed by atoms with Crippen LogP contribution in [0.15, 0.2) is 0 Å². The smallest absolute Gasteiger partial charge is 0.310 e. The maximum atomic E-state index is 13.0. The summed E-state index contributed by atoms with van der Waals surface area (Å²) in [7, 11) is -4.83. The Bertz CT molecular complexity index is 583. The van der Waals surface area contributed by atoms with Crippen LogP contribution >= 0.6 is 11.8 Å². The van der Waals surface area contributed by atoms with Crippen LogP contribution in [0.5, 0.6) is 0 Å². The van der Waals surface area contributed by atoms with Gasteiger partial charge in [-0.05, 0) is 12.8 Å². The first-order chi connectivity index (χ1) is 10.1. The molecule has 4 unspecified atom stereocenters. The van der Waals surface area contributed by atoms with Crippen molar-refractivity contribution in [2.75, 3.05) is 7.11 Å². The zero-order valence-electron chi connectivity index (χ0n) is 11.9. The summed E-state index contributed by atoms with van der Waals surface area (Å²) in [5.41, 5.74) is 0. The minimum Gasteiger partial charge on any atom is -0.746 e. The molecule has 0 amide bonds. The number of carbonyl (C=O) groups is 2. The van der Waals surface area contributed by atoms with Crippen molar-refractivity contribution >= 4 is 33.8 Å². The molecule has 2 aliphatic rings. The number of ether oxygens (including phenoxy) is 2. The molecule has 0 radical (unpaired) electrons. The van der Waals surface area contributed by atoms with Crippen molar-refractivity contribution in [2.24, 2.45) is 11.8 Å². The molecular formula is C11H12F2O7RfS2-2. The molecular weight excluding hydrogens is 613 g/mol. The third-order valence-corrected chi connectivity index (χ3v) is 6.18. The second-order valence-corrected chi connectivity index (χ2v) is 7.87. The standard InChI is InChI=1S/C11H13F2O7S2.Rf/c1-19-9(14)7-5-2-3-6(21-5)8(7)10(15)20-4-11(12,13)22(16,17)18;/h4-8H,2-3H2,1H3,(H,16,17,18);/q-1;/p-1. The van der Waals surface area contributed by atoms with Gasteiger partial charge in [0.1, 0.15) is 10.1 Å². The summed E-state index contributed by atoms with van der Waals surface area (Å²) in [5, 5.41) is -5.28. The maximum Gasteiger partial charge on any atom is 0.310 e. The Balaban J connectivity index is 0.00000264. The van der Waals surface area contributed by atoms with E-state index in [9.17, 15) is 31.3 Å². The molecule has 0 aromatic carbocycles. The van der Waals surface area contributed by atoms with Crippen molar-refractivity contribution in [1.82, 2.24) is 0 Å². The molecule has 2 rings (SSSR count). The summed E-state index contributed by atoms with van der Waals surface area (Å²) in [6.45, 7) is -0.595. The number of fused-ring (bicyclic) bond motifs is 2. The molecule has 0 aromatic heterocycles. The predicted molar refractivity (Wildman–Crippen MR) is 68.4 cm³/mol. The van der Waals surface area contributed by atoms with Crippen LogP contribution in [0.3, 0.4) is 0 Å². The van der Waals surface area contributed by atoms with Crippen molar-refractivity contribution in [3.8, 4) is 0 Å². The number of alkyl halides is 2. The minimum atomic E-state index is -5.98. The molecule has 0 saturated carbocycles. The summed E-state index contributed by atoms with van der Waals surface area (Å²) in [5.74, 6) is -3.65. The number of hydrogen-bond donors (Lipinski definition) is 0. The van der Waals surface area contributed by atoms with E-state index in [1.54, 1.807) is 0 Å². The SMILES string of the molecule is COC(=O)C1C2CCC(S2)C1C(=O)O[CH-]C(F)(F)S(=O)(=O)[O-].[Rf]. The molecule has 4 atom stereocenters. The van der Waals surface area contributed by atoms with Crippen molar-refractivity contribution in [3.63, 3.8) is 0 Å². The van der Waals surface area contributed by atoms with Crippen LogP contribution < -0.4 is 0 Å². The Labute approximate surface area is 129 Å². The van der Waals surface area contributed by atoms with Crippen molar-refractivity contribution in [1.29, 1.82) is 0 Å². The largest absolute Gasteiger partial charge is 0.746 e. The van der Waals surface area contributed by atoms with Gasteiger partial charge in [-0.3, -0.25) is 9.59 Å². The second kappa shape index (κ2) is 6.28. The third-order valence-electron chi connectivity index (χ3n) is 3.66. The predicted octanol–water partition coefficient (Wildman–Crippen LogP) is 0.513. The zero-order chi connectivity index (χ0) is 16.7. The quantitative estimate of drug-likeness (QED) is 0.247. The summed E-state index contributed by atoms with van der Waals surface area (Å²) in [6, 6.07) is 0. The summed E-state index contributed by atoms with van der Waals surface area (Å²) >= 11 is 1.38. The molecule has 128 valence electrons. The Morgan fingerprint density at radius 2 is 1.70 bits per heavy atom. The third kappa shape index (κ3) is 3.37. The summed E-state index contributed by atoms with van der Waals surface area (Å²) in [4.78, 5) is 23.7. The Hall–Kier alpha value is -1.94. The second-order valence-electron chi connectivity index (χ2n) is 4.94. The average Bonchev–Trinajstić information content (AvgIpc) is 3.03. The fourth-order valence-corrected chi connectivity index (χ4v) is 4.74. The Kier molecular flexibility index (Phi) is 5.22. The first kappa shape index (κ1) is 19.1. The van der Waals surface area contributed by atoms with Crippen LogP contribution in [-0.2, 0) is 29.2 Å². The minimum absolute atomic E-state index is 0. The fourth-order valence-electron chi connectivity index (χ4n) is 2.68. The van der Waals surface area contributed by atoms with Gasteiger partial charge in [-0.2, -0.15) is 11.8 Å². The van der Waals surface area contributed by atoms with Crippen molar-refractivity contribution in [2.45, 2.75) is 28.6 Å². The van der Waals surface area contributed by atoms with E-state index in [2.05, 4.69) is 9.47 Å². The van der Waals surface area contributed by atoms with Gasteiger partial charge in [0.25, 0.3) is 11.2 Å². The van der Waals surface area contributed by atoms with Crippen LogP contribution in [0.2, 0.25) is 0 Å². The molecule has 7 nitrogen and oxygen atoms in total. The molecule has 2 fully saturated rings. The first-order valence-corrected chi connectivity index (χ1v) is 8.55. The zero-order valence-corrected chi connectivity index (χ0v) is 20.0. The normalized spacial score (nSPS) is 29.7. The van der Waals surface area contributed by atoms with E-state index in [4.69, 9.17) is 0 Å². The number of rotatable bonds is 5. The molecule has 2 heterocycles. The molecule has 23 heavy (non-hydrogen) atoms. The molecule has 0 aromatic rings. The van der Waals surface area contributed by atoms with Gasteiger partial charge in [0.2, 0.25) is 0 Å². The van der Waals surface area contributed by atoms with E-state index in [-0.39, 0.29) is 10.5 Å². The topological polar surface area (TPSA) is 110 Å². The van der Waals surface area contributed by atoms with Gasteiger partial charge < -0.3 is 14.0 Å². The van der Waals surface area contributed by atoms with Gasteiger partial charge >= 0.3 is 5.97 Å². The van der Waals surface area contributed by atoms with Crippen LogP contribution in [0, 0.1) is 18.4 Å². The van der Waals surface area contributed by atoms with E-state index in [1.807, 2.05) is 0 Å². The molecule has 2 saturated heterocycles. The van der Waals surface area contributed by atoms with E-state index in [0.717, 1.165) is 7.11 Å². The number of thioether (sulfide) groups is 1. The Morgan fingerprint density at radius 3 is 2.13 bits per heavy atom. The number of methoxy groups -OCH3 is 1. The molecule has 2 bridgehead atoms. The van der Waals surface area contributed by atoms with Gasteiger partial charge in [-0.1, -0.05) is 6.61 Å². The maximum absolute atomic E-state index is 13.0. The summed E-state index contributed by atoms with van der Waals surface area (Å²) in [6.07, 6.45) is 1.30. The van der Waals surface area contributed by atoms with Gasteiger partial charge in [0, 0.05) is 10.5 Å². The molecule has 0 aliphatic carbocycles. The van der Waals surface area contributed by atoms with Crippen LogP contribution in [0.25, 0.3) is 0 Å². The number of esters is 2. The van der Waals surface area contributed by atoms with Gasteiger partial charge in [-0.25, -0.2) is 17.2 Å². The van der Waals surface area contributed by atoms with E-state index in [1.165, 1.54) is 11.8 Å². The molecule has 0 N–H and O–H groups in total. The number of carbonyl (C=O) groups excluding carboxylic acids is 2. The average molecular weight is 625 g/mol. The number of halogens is 2. The van der Waals surface area contributed by atoms with Gasteiger partial charge in [-0.15, -0.1) is 0 Å². The van der Waals surface area contributed by atoms with Gasteiger partial charge in [0.05, 0.1) is 18.9 Å². The molecule has 12 heteroatoms. The van der Waals surface area contributed by atoms with Crippen LogP contribution in [0.1, 0.15) is 12.8 Å². The first-order valence-electron chi connectivity index (χ1n) is 6.20. The van der Waals surface area contributed by atoms with E-state index < -0.39 is 45.8 Å². The van der Waals surface area contributed by atoms with Crippen LogP contribution in [0.4, 0.5) is 8.78 Å². The Morgan fingerprint density at radius 1 is 1.22 bits per heavy atom. The summed E-state index contributed by atoms with van der Waals surface area (Å²) < 4.78 is 65.7. The fraction of sp³-hybridized carbons (Fsp3) is 0.727. The molecule has 0 spiro atoms.